The Morgan fingerprint density at radius 1 is 1.08 bits per heavy atom. The Hall–Kier alpha value is -1.26. The molecule has 2 amide bonds. The molecule has 25 heavy (non-hydrogen) atoms. The molecule has 0 saturated heterocycles. The number of rotatable bonds is 7. The van der Waals surface area contributed by atoms with Crippen molar-refractivity contribution in [2.24, 2.45) is 11.8 Å². The van der Waals surface area contributed by atoms with Crippen LogP contribution in [0.4, 0.5) is 4.79 Å². The molecule has 146 valence electrons. The van der Waals surface area contributed by atoms with Gasteiger partial charge in [0.2, 0.25) is 5.91 Å². The minimum atomic E-state index is -0.569. The molecule has 1 fully saturated rings. The molecule has 1 rings (SSSR count). The molecule has 5 nitrogen and oxygen atoms in total. The summed E-state index contributed by atoms with van der Waals surface area (Å²) >= 11 is 0. The summed E-state index contributed by atoms with van der Waals surface area (Å²) in [4.78, 5) is 24.9. The molecule has 2 N–H and O–H groups in total. The number of carbonyl (C=O) groups excluding carboxylic acids is 2. The van der Waals surface area contributed by atoms with Crippen LogP contribution in [0.25, 0.3) is 0 Å². The molecule has 0 aliphatic heterocycles. The lowest BCUT2D eigenvalue weighted by atomic mass is 9.84. The first-order valence-corrected chi connectivity index (χ1v) is 9.92. The van der Waals surface area contributed by atoms with Crippen LogP contribution in [0.3, 0.4) is 0 Å². The Morgan fingerprint density at radius 2 is 1.68 bits per heavy atom. The average Bonchev–Trinajstić information content (AvgIpc) is 2.52. The topological polar surface area (TPSA) is 67.4 Å². The first-order chi connectivity index (χ1) is 11.6. The van der Waals surface area contributed by atoms with Crippen LogP contribution in [0.1, 0.15) is 86.5 Å². The summed E-state index contributed by atoms with van der Waals surface area (Å²) in [5, 5.41) is 5.89. The van der Waals surface area contributed by atoms with E-state index in [0.29, 0.717) is 18.3 Å². The van der Waals surface area contributed by atoms with Gasteiger partial charge in [0.1, 0.15) is 11.6 Å². The first kappa shape index (κ1) is 21.8. The molecule has 0 bridgehead atoms. The van der Waals surface area contributed by atoms with Gasteiger partial charge in [-0.1, -0.05) is 52.4 Å². The maximum atomic E-state index is 12.8. The number of ether oxygens (including phenoxy) is 1. The number of hydrogen-bond donors (Lipinski definition) is 2. The van der Waals surface area contributed by atoms with Crippen LogP contribution in [0.15, 0.2) is 0 Å². The molecule has 1 aliphatic rings. The van der Waals surface area contributed by atoms with Crippen LogP contribution in [-0.4, -0.2) is 29.7 Å². The van der Waals surface area contributed by atoms with Crippen molar-refractivity contribution in [3.63, 3.8) is 0 Å². The van der Waals surface area contributed by atoms with Gasteiger partial charge in [-0.2, -0.15) is 0 Å². The van der Waals surface area contributed by atoms with Crippen LogP contribution in [0.2, 0.25) is 0 Å². The third-order valence-corrected chi connectivity index (χ3v) is 5.17. The molecule has 0 aromatic rings. The quantitative estimate of drug-likeness (QED) is 0.712. The van der Waals surface area contributed by atoms with Gasteiger partial charge in [0, 0.05) is 6.04 Å². The van der Waals surface area contributed by atoms with E-state index in [1.165, 1.54) is 19.3 Å². The highest BCUT2D eigenvalue weighted by atomic mass is 16.6. The summed E-state index contributed by atoms with van der Waals surface area (Å²) in [6.07, 6.45) is 7.18. The highest BCUT2D eigenvalue weighted by Crippen LogP contribution is 2.27. The van der Waals surface area contributed by atoms with Gasteiger partial charge >= 0.3 is 6.09 Å². The molecular formula is C20H38N2O3. The predicted molar refractivity (Wildman–Crippen MR) is 101 cm³/mol. The van der Waals surface area contributed by atoms with Crippen molar-refractivity contribution in [1.29, 1.82) is 0 Å². The zero-order valence-corrected chi connectivity index (χ0v) is 17.0. The smallest absolute Gasteiger partial charge is 0.408 e. The molecule has 0 radical (unpaired) electrons. The standard InChI is InChI=1S/C20H38N2O3/c1-7-14(2)15(3)21-18(23)17(13-16-11-9-8-10-12-16)22-19(24)25-20(4,5)6/h14-17H,7-13H2,1-6H3,(H,21,23)(H,22,24)/t14-,15+,17-/m0/s1. The Bertz CT molecular complexity index is 425. The number of carbonyl (C=O) groups is 2. The molecule has 1 saturated carbocycles. The van der Waals surface area contributed by atoms with Gasteiger partial charge in [0.15, 0.2) is 0 Å². The second kappa shape index (κ2) is 10.0. The Morgan fingerprint density at radius 3 is 2.20 bits per heavy atom. The molecule has 3 atom stereocenters. The molecule has 0 aromatic carbocycles. The van der Waals surface area contributed by atoms with E-state index in [9.17, 15) is 9.59 Å². The zero-order valence-electron chi connectivity index (χ0n) is 17.0. The number of hydrogen-bond acceptors (Lipinski definition) is 3. The highest BCUT2D eigenvalue weighted by molar-refractivity contribution is 5.85. The fraction of sp³-hybridized carbons (Fsp3) is 0.900. The van der Waals surface area contributed by atoms with Gasteiger partial charge in [0.25, 0.3) is 0 Å². The normalized spacial score (nSPS) is 19.6. The maximum Gasteiger partial charge on any atom is 0.408 e. The van der Waals surface area contributed by atoms with Crippen molar-refractivity contribution in [2.75, 3.05) is 0 Å². The SMILES string of the molecule is CC[C@H](C)[C@@H](C)NC(=O)[C@H](CC1CCCCC1)NC(=O)OC(C)(C)C. The van der Waals surface area contributed by atoms with Crippen molar-refractivity contribution >= 4 is 12.0 Å². The van der Waals surface area contributed by atoms with Gasteiger partial charge < -0.3 is 15.4 Å². The fourth-order valence-electron chi connectivity index (χ4n) is 3.26. The Kier molecular flexibility index (Phi) is 8.74. The summed E-state index contributed by atoms with van der Waals surface area (Å²) in [5.74, 6) is 0.809. The van der Waals surface area contributed by atoms with Crippen LogP contribution >= 0.6 is 0 Å². The molecular weight excluding hydrogens is 316 g/mol. The average molecular weight is 355 g/mol. The highest BCUT2D eigenvalue weighted by Gasteiger charge is 2.29. The minimum Gasteiger partial charge on any atom is -0.444 e. The summed E-state index contributed by atoms with van der Waals surface area (Å²) in [6, 6.07) is -0.434. The second-order valence-electron chi connectivity index (χ2n) is 8.62. The summed E-state index contributed by atoms with van der Waals surface area (Å²) in [7, 11) is 0. The van der Waals surface area contributed by atoms with Crippen LogP contribution < -0.4 is 10.6 Å². The summed E-state index contributed by atoms with van der Waals surface area (Å²) < 4.78 is 5.35. The first-order valence-electron chi connectivity index (χ1n) is 9.92. The van der Waals surface area contributed by atoms with Gasteiger partial charge in [-0.3, -0.25) is 4.79 Å². The van der Waals surface area contributed by atoms with Crippen molar-refractivity contribution < 1.29 is 14.3 Å². The van der Waals surface area contributed by atoms with E-state index in [1.807, 2.05) is 27.7 Å². The molecule has 0 heterocycles. The minimum absolute atomic E-state index is 0.0896. The maximum absolute atomic E-state index is 12.8. The number of alkyl carbamates (subject to hydrolysis) is 1. The van der Waals surface area contributed by atoms with E-state index in [2.05, 4.69) is 24.5 Å². The van der Waals surface area contributed by atoms with Crippen molar-refractivity contribution in [3.8, 4) is 0 Å². The van der Waals surface area contributed by atoms with E-state index in [-0.39, 0.29) is 11.9 Å². The van der Waals surface area contributed by atoms with Crippen LogP contribution in [0, 0.1) is 11.8 Å². The van der Waals surface area contributed by atoms with Gasteiger partial charge in [-0.25, -0.2) is 4.79 Å². The second-order valence-corrected chi connectivity index (χ2v) is 8.62. The van der Waals surface area contributed by atoms with Gasteiger partial charge in [0.05, 0.1) is 0 Å². The molecule has 5 heteroatoms. The van der Waals surface area contributed by atoms with E-state index >= 15 is 0 Å². The Balaban J connectivity index is 2.71. The third kappa shape index (κ3) is 8.59. The lowest BCUT2D eigenvalue weighted by molar-refractivity contribution is -0.124. The predicted octanol–water partition coefficient (Wildman–Crippen LogP) is 4.40. The monoisotopic (exact) mass is 354 g/mol. The van der Waals surface area contributed by atoms with Gasteiger partial charge in [-0.15, -0.1) is 0 Å². The Labute approximate surface area is 153 Å². The number of nitrogens with one attached hydrogen (secondary N) is 2. The largest absolute Gasteiger partial charge is 0.444 e. The third-order valence-electron chi connectivity index (χ3n) is 5.17. The summed E-state index contributed by atoms with van der Waals surface area (Å²) in [6.45, 7) is 11.8. The summed E-state index contributed by atoms with van der Waals surface area (Å²) in [5.41, 5.74) is -0.569. The lowest BCUT2D eigenvalue weighted by Crippen LogP contribution is -2.51. The van der Waals surface area contributed by atoms with Crippen LogP contribution in [-0.2, 0) is 9.53 Å². The zero-order chi connectivity index (χ0) is 19.0. The van der Waals surface area contributed by atoms with E-state index in [0.717, 1.165) is 19.3 Å². The fourth-order valence-corrected chi connectivity index (χ4v) is 3.26. The van der Waals surface area contributed by atoms with E-state index in [4.69, 9.17) is 4.74 Å². The van der Waals surface area contributed by atoms with E-state index in [1.54, 1.807) is 0 Å². The van der Waals surface area contributed by atoms with E-state index < -0.39 is 17.7 Å². The molecule has 1 aliphatic carbocycles. The molecule has 0 unspecified atom stereocenters. The van der Waals surface area contributed by atoms with Gasteiger partial charge in [-0.05, 0) is 46.0 Å². The molecule has 0 spiro atoms. The molecule has 0 aromatic heterocycles. The van der Waals surface area contributed by atoms with Crippen LogP contribution in [0.5, 0.6) is 0 Å². The number of amides is 2. The van der Waals surface area contributed by atoms with Crippen molar-refractivity contribution in [3.05, 3.63) is 0 Å². The lowest BCUT2D eigenvalue weighted by Gasteiger charge is -2.29. The van der Waals surface area contributed by atoms with Crippen molar-refractivity contribution in [2.45, 2.75) is 104 Å². The van der Waals surface area contributed by atoms with Crippen molar-refractivity contribution in [1.82, 2.24) is 10.6 Å².